The van der Waals surface area contributed by atoms with Gasteiger partial charge in [-0.3, -0.25) is 9.59 Å². The zero-order valence-corrected chi connectivity index (χ0v) is 15.8. The Hall–Kier alpha value is -2.80. The first-order valence-electron chi connectivity index (χ1n) is 8.98. The fourth-order valence-electron chi connectivity index (χ4n) is 3.32. The van der Waals surface area contributed by atoms with E-state index in [0.717, 1.165) is 34.9 Å². The maximum absolute atomic E-state index is 12.7. The number of ketones is 1. The van der Waals surface area contributed by atoms with E-state index in [1.807, 2.05) is 18.2 Å². The predicted octanol–water partition coefficient (Wildman–Crippen LogP) is 3.75. The zero-order chi connectivity index (χ0) is 18.8. The van der Waals surface area contributed by atoms with Crippen molar-refractivity contribution >= 4 is 44.2 Å². The lowest BCUT2D eigenvalue weighted by Crippen LogP contribution is -2.40. The molecule has 6 nitrogen and oxygen atoms in total. The van der Waals surface area contributed by atoms with Crippen LogP contribution < -0.4 is 10.2 Å². The van der Waals surface area contributed by atoms with Crippen LogP contribution in [0.25, 0.3) is 10.3 Å². The number of pyridine rings is 1. The molecule has 2 aromatic heterocycles. The molecule has 1 N–H and O–H groups in total. The molecule has 7 heteroatoms. The van der Waals surface area contributed by atoms with Crippen LogP contribution in [0, 0.1) is 5.92 Å². The largest absolute Gasteiger partial charge is 0.347 e. The Morgan fingerprint density at radius 2 is 2.15 bits per heavy atom. The molecule has 1 amide bonds. The summed E-state index contributed by atoms with van der Waals surface area (Å²) in [7, 11) is 0. The number of rotatable bonds is 4. The summed E-state index contributed by atoms with van der Waals surface area (Å²) in [6.07, 6.45) is 3.55. The first kappa shape index (κ1) is 17.6. The monoisotopic (exact) mass is 380 g/mol. The Balaban J connectivity index is 1.46. The van der Waals surface area contributed by atoms with Gasteiger partial charge in [0.05, 0.1) is 5.92 Å². The molecule has 0 bridgehead atoms. The minimum atomic E-state index is -0.111. The summed E-state index contributed by atoms with van der Waals surface area (Å²) in [6.45, 7) is 3.05. The molecular weight excluding hydrogens is 360 g/mol. The van der Waals surface area contributed by atoms with Crippen molar-refractivity contribution in [3.8, 4) is 0 Å². The van der Waals surface area contributed by atoms with Gasteiger partial charge in [-0.15, -0.1) is 0 Å². The summed E-state index contributed by atoms with van der Waals surface area (Å²) in [4.78, 5) is 36.4. The number of hydrogen-bond donors (Lipinski definition) is 1. The Labute approximate surface area is 161 Å². The van der Waals surface area contributed by atoms with Crippen LogP contribution in [0.15, 0.2) is 42.6 Å². The molecule has 138 valence electrons. The molecule has 0 radical (unpaired) electrons. The zero-order valence-electron chi connectivity index (χ0n) is 15.0. The third-order valence-electron chi connectivity index (χ3n) is 4.75. The fourth-order valence-corrected chi connectivity index (χ4v) is 4.26. The number of carbonyl (C=O) groups excluding carboxylic acids is 2. The highest BCUT2D eigenvalue weighted by Crippen LogP contribution is 2.30. The Kier molecular flexibility index (Phi) is 4.85. The Morgan fingerprint density at radius 3 is 2.96 bits per heavy atom. The summed E-state index contributed by atoms with van der Waals surface area (Å²) >= 11 is 1.56. The molecule has 3 aromatic rings. The number of nitrogens with one attached hydrogen (secondary N) is 1. The SMILES string of the molecule is CC(=O)c1cccc(NC(=O)[C@@H]2CCCN(c3nc4cccnc4s3)C2)c1. The molecule has 1 aliphatic rings. The van der Waals surface area contributed by atoms with E-state index >= 15 is 0 Å². The summed E-state index contributed by atoms with van der Waals surface area (Å²) in [5, 5.41) is 3.87. The van der Waals surface area contributed by atoms with Crippen LogP contribution in [0.5, 0.6) is 0 Å². The third-order valence-corrected chi connectivity index (χ3v) is 5.79. The van der Waals surface area contributed by atoms with E-state index in [2.05, 4.69) is 20.2 Å². The first-order valence-corrected chi connectivity index (χ1v) is 9.80. The summed E-state index contributed by atoms with van der Waals surface area (Å²) in [5.74, 6) is -0.140. The van der Waals surface area contributed by atoms with Crippen LogP contribution in [0.1, 0.15) is 30.1 Å². The summed E-state index contributed by atoms with van der Waals surface area (Å²) < 4.78 is 0. The molecule has 1 saturated heterocycles. The summed E-state index contributed by atoms with van der Waals surface area (Å²) in [5.41, 5.74) is 2.15. The molecule has 1 aromatic carbocycles. The number of hydrogen-bond acceptors (Lipinski definition) is 6. The van der Waals surface area contributed by atoms with E-state index in [-0.39, 0.29) is 17.6 Å². The number of amides is 1. The van der Waals surface area contributed by atoms with Gasteiger partial charge in [-0.05, 0) is 44.0 Å². The maximum atomic E-state index is 12.7. The highest BCUT2D eigenvalue weighted by molar-refractivity contribution is 7.21. The minimum absolute atomic E-state index is 0.0142. The van der Waals surface area contributed by atoms with Gasteiger partial charge in [0, 0.05) is 30.5 Å². The topological polar surface area (TPSA) is 75.2 Å². The van der Waals surface area contributed by atoms with Crippen molar-refractivity contribution in [1.82, 2.24) is 9.97 Å². The van der Waals surface area contributed by atoms with E-state index in [1.165, 1.54) is 6.92 Å². The molecule has 27 heavy (non-hydrogen) atoms. The number of aromatic nitrogens is 2. The molecule has 1 atom stereocenters. The van der Waals surface area contributed by atoms with E-state index < -0.39 is 0 Å². The minimum Gasteiger partial charge on any atom is -0.347 e. The second kappa shape index (κ2) is 7.44. The van der Waals surface area contributed by atoms with Crippen LogP contribution in [-0.2, 0) is 4.79 Å². The Morgan fingerprint density at radius 1 is 1.26 bits per heavy atom. The highest BCUT2D eigenvalue weighted by Gasteiger charge is 2.27. The number of piperidine rings is 1. The van der Waals surface area contributed by atoms with Crippen molar-refractivity contribution in [2.24, 2.45) is 5.92 Å². The number of fused-ring (bicyclic) bond motifs is 1. The molecular formula is C20H20N4O2S. The van der Waals surface area contributed by atoms with Gasteiger partial charge in [0.25, 0.3) is 0 Å². The van der Waals surface area contributed by atoms with Crippen LogP contribution >= 0.6 is 11.3 Å². The lowest BCUT2D eigenvalue weighted by molar-refractivity contribution is -0.120. The van der Waals surface area contributed by atoms with Crippen LogP contribution in [0.3, 0.4) is 0 Å². The van der Waals surface area contributed by atoms with E-state index in [0.29, 0.717) is 17.8 Å². The van der Waals surface area contributed by atoms with Gasteiger partial charge in [0.2, 0.25) is 5.91 Å². The lowest BCUT2D eigenvalue weighted by Gasteiger charge is -2.31. The maximum Gasteiger partial charge on any atom is 0.229 e. The normalized spacial score (nSPS) is 17.1. The average molecular weight is 380 g/mol. The van der Waals surface area contributed by atoms with E-state index in [4.69, 9.17) is 0 Å². The number of nitrogens with zero attached hydrogens (tertiary/aromatic N) is 3. The first-order chi connectivity index (χ1) is 13.1. The number of Topliss-reactive ketones (excluding diaryl/α,β-unsaturated/α-hetero) is 1. The van der Waals surface area contributed by atoms with Crippen LogP contribution in [0.2, 0.25) is 0 Å². The molecule has 4 rings (SSSR count). The molecule has 0 unspecified atom stereocenters. The second-order valence-electron chi connectivity index (χ2n) is 6.74. The second-order valence-corrected chi connectivity index (χ2v) is 7.69. The molecule has 0 spiro atoms. The fraction of sp³-hybridized carbons (Fsp3) is 0.300. The smallest absolute Gasteiger partial charge is 0.229 e. The molecule has 1 fully saturated rings. The van der Waals surface area contributed by atoms with Gasteiger partial charge < -0.3 is 10.2 Å². The van der Waals surface area contributed by atoms with Crippen molar-refractivity contribution < 1.29 is 9.59 Å². The molecule has 1 aliphatic heterocycles. The molecule has 0 aliphatic carbocycles. The third kappa shape index (κ3) is 3.83. The van der Waals surface area contributed by atoms with Crippen LogP contribution in [-0.4, -0.2) is 34.7 Å². The number of benzene rings is 1. The van der Waals surface area contributed by atoms with Gasteiger partial charge in [-0.1, -0.05) is 23.5 Å². The van der Waals surface area contributed by atoms with Gasteiger partial charge >= 0.3 is 0 Å². The standard InChI is InChI=1S/C20H20N4O2S/c1-13(25)14-5-2-7-16(11-14)22-18(26)15-6-4-10-24(12-15)20-23-17-8-3-9-21-19(17)27-20/h2-3,5,7-9,11,15H,4,6,10,12H2,1H3,(H,22,26)/t15-/m1/s1. The van der Waals surface area contributed by atoms with Gasteiger partial charge in [-0.25, -0.2) is 9.97 Å². The van der Waals surface area contributed by atoms with E-state index in [9.17, 15) is 9.59 Å². The van der Waals surface area contributed by atoms with Gasteiger partial charge in [0.1, 0.15) is 10.3 Å². The number of thiazole rings is 1. The number of carbonyl (C=O) groups is 2. The number of anilines is 2. The summed E-state index contributed by atoms with van der Waals surface area (Å²) in [6, 6.07) is 10.9. The van der Waals surface area contributed by atoms with Crippen LogP contribution in [0.4, 0.5) is 10.8 Å². The molecule has 3 heterocycles. The average Bonchev–Trinajstić information content (AvgIpc) is 3.12. The lowest BCUT2D eigenvalue weighted by atomic mass is 9.97. The predicted molar refractivity (Wildman–Crippen MR) is 107 cm³/mol. The molecule has 0 saturated carbocycles. The van der Waals surface area contributed by atoms with Crippen molar-refractivity contribution in [2.45, 2.75) is 19.8 Å². The van der Waals surface area contributed by atoms with Gasteiger partial charge in [-0.2, -0.15) is 0 Å². The van der Waals surface area contributed by atoms with Gasteiger partial charge in [0.15, 0.2) is 10.9 Å². The Bertz CT molecular complexity index is 967. The quantitative estimate of drug-likeness (QED) is 0.698. The highest BCUT2D eigenvalue weighted by atomic mass is 32.1. The van der Waals surface area contributed by atoms with Crippen molar-refractivity contribution in [1.29, 1.82) is 0 Å². The van der Waals surface area contributed by atoms with Crippen molar-refractivity contribution in [3.05, 3.63) is 48.2 Å². The van der Waals surface area contributed by atoms with Crippen molar-refractivity contribution in [2.75, 3.05) is 23.3 Å². The van der Waals surface area contributed by atoms with Crippen molar-refractivity contribution in [3.63, 3.8) is 0 Å². The van der Waals surface area contributed by atoms with E-state index in [1.54, 1.807) is 35.7 Å².